The first-order valence-corrected chi connectivity index (χ1v) is 25.5. The van der Waals surface area contributed by atoms with Gasteiger partial charge in [0, 0.05) is 11.1 Å². The Hall–Kier alpha value is -4.12. The predicted molar refractivity (Wildman–Crippen MR) is 264 cm³/mol. The van der Waals surface area contributed by atoms with Crippen molar-refractivity contribution in [2.45, 2.75) is 273 Å². The molecular weight excluding hydrogens is 955 g/mol. The molecule has 2 saturated carbocycles. The molecule has 0 saturated heterocycles. The maximum absolute atomic E-state index is 12.3. The minimum Gasteiger partial charge on any atom is -0.459 e. The van der Waals surface area contributed by atoms with Crippen LogP contribution in [0.1, 0.15) is 226 Å². The highest BCUT2D eigenvalue weighted by molar-refractivity contribution is 5.91. The summed E-state index contributed by atoms with van der Waals surface area (Å²) in [7, 11) is 0. The minimum atomic E-state index is -4.66. The molecule has 0 heterocycles. The van der Waals surface area contributed by atoms with Gasteiger partial charge in [0.05, 0.1) is 10.8 Å². The van der Waals surface area contributed by atoms with E-state index in [1.807, 2.05) is 13.8 Å². The van der Waals surface area contributed by atoms with Gasteiger partial charge in [-0.05, 0) is 160 Å². The molecule has 2 rings (SSSR count). The van der Waals surface area contributed by atoms with Crippen molar-refractivity contribution in [1.29, 1.82) is 0 Å². The van der Waals surface area contributed by atoms with Gasteiger partial charge in [-0.25, -0.2) is 19.2 Å². The van der Waals surface area contributed by atoms with E-state index in [9.17, 15) is 55.1 Å². The summed E-state index contributed by atoms with van der Waals surface area (Å²) in [6, 6.07) is 0. The standard InChI is InChI=1S/C16H30O2.C14H24O2.C13H21F3O4.C11H15F3O4/c1-5-15(3,4)14(17)18-16(6-2)12-10-8-7-9-11-13-16;1-4-14(16-13(15)12(2)3)10-8-6-5-7-9-11-14;1-7-11(3,4)9(17)20-12(5,6)10(18)19-8(2)13(14,15)16;1-6(2)8(15)18-10(4,5)9(16)17-7(3)11(12,13)14/h5-13H2,1-4H3;2,4-11H2,1,3H3;8H,7H2,1-6H3;7H,1H2,2-5H3. The third-order valence-electron chi connectivity index (χ3n) is 13.2. The molecule has 0 amide bonds. The Labute approximate surface area is 426 Å². The van der Waals surface area contributed by atoms with Crippen molar-refractivity contribution in [2.24, 2.45) is 10.8 Å². The Balaban J connectivity index is 0. The highest BCUT2D eigenvalue weighted by Crippen LogP contribution is 2.37. The van der Waals surface area contributed by atoms with Gasteiger partial charge in [0.2, 0.25) is 11.2 Å². The van der Waals surface area contributed by atoms with Crippen LogP contribution in [0.3, 0.4) is 0 Å². The van der Waals surface area contributed by atoms with Crippen molar-refractivity contribution in [3.8, 4) is 0 Å². The molecule has 0 aromatic carbocycles. The van der Waals surface area contributed by atoms with Gasteiger partial charge in [-0.1, -0.05) is 79.4 Å². The first-order chi connectivity index (χ1) is 32.7. The van der Waals surface area contributed by atoms with E-state index in [4.69, 9.17) is 18.9 Å². The maximum atomic E-state index is 12.3. The molecule has 18 heteroatoms. The fourth-order valence-corrected chi connectivity index (χ4v) is 6.57. The lowest BCUT2D eigenvalue weighted by Gasteiger charge is -2.37. The summed E-state index contributed by atoms with van der Waals surface area (Å²) in [5, 5.41) is 0. The summed E-state index contributed by atoms with van der Waals surface area (Å²) in [5.74, 6) is -4.28. The molecule has 12 nitrogen and oxygen atoms in total. The van der Waals surface area contributed by atoms with Gasteiger partial charge < -0.3 is 28.4 Å². The molecule has 2 fully saturated rings. The highest BCUT2D eigenvalue weighted by Gasteiger charge is 2.46. The van der Waals surface area contributed by atoms with Crippen LogP contribution in [0.2, 0.25) is 0 Å². The van der Waals surface area contributed by atoms with E-state index in [0.717, 1.165) is 58.8 Å². The number of carbonyl (C=O) groups is 6. The van der Waals surface area contributed by atoms with Gasteiger partial charge in [0.1, 0.15) is 11.2 Å². The number of ether oxygens (including phenoxy) is 6. The first kappa shape index (κ1) is 70.0. The van der Waals surface area contributed by atoms with Crippen LogP contribution in [0.5, 0.6) is 0 Å². The van der Waals surface area contributed by atoms with Gasteiger partial charge in [0.15, 0.2) is 12.2 Å². The lowest BCUT2D eigenvalue weighted by molar-refractivity contribution is -0.227. The molecule has 0 N–H and O–H groups in total. The fourth-order valence-electron chi connectivity index (χ4n) is 6.57. The number of halogens is 6. The maximum Gasteiger partial charge on any atom is 0.425 e. The zero-order valence-electron chi connectivity index (χ0n) is 46.5. The normalized spacial score (nSPS) is 17.3. The second kappa shape index (κ2) is 30.3. The van der Waals surface area contributed by atoms with Gasteiger partial charge >= 0.3 is 48.2 Å². The topological polar surface area (TPSA) is 158 Å². The second-order valence-electron chi connectivity index (χ2n) is 21.4. The van der Waals surface area contributed by atoms with Crippen LogP contribution in [-0.4, -0.2) is 82.8 Å². The molecule has 0 bridgehead atoms. The molecule has 0 spiro atoms. The smallest absolute Gasteiger partial charge is 0.425 e. The molecule has 0 aliphatic heterocycles. The summed E-state index contributed by atoms with van der Waals surface area (Å²) in [6.07, 6.45) is 6.02. The van der Waals surface area contributed by atoms with Crippen LogP contribution >= 0.6 is 0 Å². The zero-order chi connectivity index (χ0) is 56.7. The number of hydrogen-bond acceptors (Lipinski definition) is 12. The number of carbonyl (C=O) groups excluding carboxylic acids is 6. The molecule has 2 aliphatic rings. The number of hydrogen-bond donors (Lipinski definition) is 0. The summed E-state index contributed by atoms with van der Waals surface area (Å²) in [6.45, 7) is 31.4. The van der Waals surface area contributed by atoms with Crippen molar-refractivity contribution < 1.29 is 83.5 Å². The van der Waals surface area contributed by atoms with Crippen LogP contribution in [-0.2, 0) is 57.2 Å². The SMILES string of the molecule is C=C(C)C(=O)OC(C)(C)C(=O)OC(C)C(F)(F)F.C=C(C)C(=O)OC1(CC)CCCCCCC1.CCC(C)(C)C(=O)OC(C)(C)C(=O)OC(C)C(F)(F)F.CCC1(OC(=O)C(C)(C)CC)CCCCCCC1. The van der Waals surface area contributed by atoms with Crippen molar-refractivity contribution in [3.05, 3.63) is 24.3 Å². The summed E-state index contributed by atoms with van der Waals surface area (Å²) < 4.78 is 103. The number of rotatable bonds is 16. The lowest BCUT2D eigenvalue weighted by atomic mass is 9.83. The van der Waals surface area contributed by atoms with E-state index >= 15 is 0 Å². The Kier molecular flexibility index (Phi) is 29.4. The van der Waals surface area contributed by atoms with E-state index < -0.39 is 65.1 Å². The van der Waals surface area contributed by atoms with Gasteiger partial charge in [-0.2, -0.15) is 26.3 Å². The average Bonchev–Trinajstić information content (AvgIpc) is 3.25. The molecule has 420 valence electrons. The Morgan fingerprint density at radius 1 is 0.458 bits per heavy atom. The predicted octanol–water partition coefficient (Wildman–Crippen LogP) is 14.5. The van der Waals surface area contributed by atoms with E-state index in [2.05, 4.69) is 43.4 Å². The van der Waals surface area contributed by atoms with Crippen LogP contribution in [0.4, 0.5) is 26.3 Å². The van der Waals surface area contributed by atoms with Crippen molar-refractivity contribution in [2.75, 3.05) is 0 Å². The summed E-state index contributed by atoms with van der Waals surface area (Å²) in [5.41, 5.74) is -4.61. The molecule has 2 atom stereocenters. The quantitative estimate of drug-likeness (QED) is 0.0624. The molecule has 0 aromatic heterocycles. The third-order valence-corrected chi connectivity index (χ3v) is 13.2. The van der Waals surface area contributed by atoms with Gasteiger partial charge in [0.25, 0.3) is 0 Å². The Morgan fingerprint density at radius 2 is 0.750 bits per heavy atom. The van der Waals surface area contributed by atoms with Crippen molar-refractivity contribution in [3.63, 3.8) is 0 Å². The fraction of sp³-hybridized carbons (Fsp3) is 0.815. The summed E-state index contributed by atoms with van der Waals surface area (Å²) in [4.78, 5) is 70.1. The van der Waals surface area contributed by atoms with Crippen LogP contribution in [0.25, 0.3) is 0 Å². The molecule has 0 radical (unpaired) electrons. The van der Waals surface area contributed by atoms with Crippen molar-refractivity contribution in [1.82, 2.24) is 0 Å². The number of alkyl halides is 6. The van der Waals surface area contributed by atoms with Gasteiger partial charge in [-0.15, -0.1) is 0 Å². The minimum absolute atomic E-state index is 0.00702. The van der Waals surface area contributed by atoms with Crippen LogP contribution in [0, 0.1) is 10.8 Å². The first-order valence-electron chi connectivity index (χ1n) is 25.5. The zero-order valence-corrected chi connectivity index (χ0v) is 46.5. The molecule has 2 unspecified atom stereocenters. The number of esters is 6. The highest BCUT2D eigenvalue weighted by atomic mass is 19.4. The van der Waals surface area contributed by atoms with E-state index in [1.54, 1.807) is 27.7 Å². The van der Waals surface area contributed by atoms with E-state index in [-0.39, 0.29) is 34.1 Å². The Bertz CT molecular complexity index is 1750. The van der Waals surface area contributed by atoms with Crippen LogP contribution < -0.4 is 0 Å². The van der Waals surface area contributed by atoms with Crippen LogP contribution in [0.15, 0.2) is 24.3 Å². The Morgan fingerprint density at radius 3 is 1.04 bits per heavy atom. The lowest BCUT2D eigenvalue weighted by Crippen LogP contribution is -2.45. The van der Waals surface area contributed by atoms with E-state index in [0.29, 0.717) is 25.8 Å². The molecule has 2 aliphatic carbocycles. The molecular formula is C54H90F6O12. The third kappa shape index (κ3) is 25.7. The largest absolute Gasteiger partial charge is 0.459 e. The van der Waals surface area contributed by atoms with Gasteiger partial charge in [-0.3, -0.25) is 9.59 Å². The average molecular weight is 1050 g/mol. The molecule has 72 heavy (non-hydrogen) atoms. The molecule has 0 aromatic rings. The second-order valence-corrected chi connectivity index (χ2v) is 21.4. The monoisotopic (exact) mass is 1040 g/mol. The van der Waals surface area contributed by atoms with Crippen molar-refractivity contribution >= 4 is 35.8 Å². The summed E-state index contributed by atoms with van der Waals surface area (Å²) >= 11 is 0. The van der Waals surface area contributed by atoms with E-state index in [1.165, 1.54) is 85.0 Å².